The lowest BCUT2D eigenvalue weighted by molar-refractivity contribution is 0.0988. The number of rotatable bonds is 1. The lowest BCUT2D eigenvalue weighted by atomic mass is 10.2. The van der Waals surface area contributed by atoms with E-state index in [4.69, 9.17) is 12.5 Å². The molecule has 1 aliphatic heterocycles. The van der Waals surface area contributed by atoms with Crippen LogP contribution in [0.5, 0.6) is 0 Å². The molecule has 0 aromatic carbocycles. The van der Waals surface area contributed by atoms with Crippen LogP contribution >= 0.6 is 0 Å². The van der Waals surface area contributed by atoms with E-state index in [0.29, 0.717) is 13.2 Å². The first-order valence-electron chi connectivity index (χ1n) is 3.45. The maximum atomic E-state index is 11.3. The summed E-state index contributed by atoms with van der Waals surface area (Å²) in [5, 5.41) is 0. The van der Waals surface area contributed by atoms with Crippen LogP contribution in [-0.4, -0.2) is 23.0 Å². The molecule has 0 bridgehead atoms. The Labute approximate surface area is 67.9 Å². The van der Waals surface area contributed by atoms with Crippen molar-refractivity contribution in [1.82, 2.24) is 0 Å². The van der Waals surface area contributed by atoms with Gasteiger partial charge in [0.1, 0.15) is 0 Å². The van der Waals surface area contributed by atoms with Crippen LogP contribution in [0.4, 0.5) is 0 Å². The largest absolute Gasteiger partial charge is 0.315 e. The summed E-state index contributed by atoms with van der Waals surface area (Å²) in [5.74, 6) is 0. The Morgan fingerprint density at radius 2 is 1.73 bits per heavy atom. The summed E-state index contributed by atoms with van der Waals surface area (Å²) >= 11 is 0. The zero-order valence-electron chi connectivity index (χ0n) is 6.96. The molecule has 11 heavy (non-hydrogen) atoms. The molecule has 0 amide bonds. The summed E-state index contributed by atoms with van der Waals surface area (Å²) in [6, 6.07) is 0. The van der Waals surface area contributed by atoms with Crippen molar-refractivity contribution in [2.75, 3.05) is 13.2 Å². The molecule has 0 aliphatic carbocycles. The standard InChI is InChI=1S/C6H13O4S/c1-6(2,3)10-11(7)8-4-5-9-11/h4-5H2,1-3H3. The molecular formula is C6H13O4S. The smallest absolute Gasteiger partial charge is 0.257 e. The molecule has 0 aromatic rings. The molecule has 0 atom stereocenters. The van der Waals surface area contributed by atoms with Crippen LogP contribution in [0, 0.1) is 0 Å². The van der Waals surface area contributed by atoms with Gasteiger partial charge in [-0.15, -0.1) is 0 Å². The molecule has 1 radical (unpaired) electrons. The van der Waals surface area contributed by atoms with Crippen LogP contribution in [0.2, 0.25) is 0 Å². The van der Waals surface area contributed by atoms with Gasteiger partial charge in [0.05, 0.1) is 18.8 Å². The van der Waals surface area contributed by atoms with Gasteiger partial charge >= 0.3 is 10.8 Å². The Kier molecular flexibility index (Phi) is 2.34. The highest BCUT2D eigenvalue weighted by atomic mass is 32.3. The Hall–Kier alpha value is 0.0300. The molecule has 1 aliphatic rings. The average Bonchev–Trinajstić information content (AvgIpc) is 2.09. The third kappa shape index (κ3) is 2.86. The normalized spacial score (nSPS) is 23.9. The lowest BCUT2D eigenvalue weighted by Crippen LogP contribution is -2.28. The minimum atomic E-state index is -2.91. The average molecular weight is 181 g/mol. The quantitative estimate of drug-likeness (QED) is 0.602. The molecule has 0 saturated carbocycles. The molecule has 5 heteroatoms. The second-order valence-corrected chi connectivity index (χ2v) is 4.70. The Morgan fingerprint density at radius 1 is 1.27 bits per heavy atom. The molecule has 0 unspecified atom stereocenters. The van der Waals surface area contributed by atoms with Crippen LogP contribution in [0.1, 0.15) is 20.8 Å². The van der Waals surface area contributed by atoms with Gasteiger partial charge in [-0.1, -0.05) is 0 Å². The summed E-state index contributed by atoms with van der Waals surface area (Å²) in [6.07, 6.45) is 0. The van der Waals surface area contributed by atoms with Gasteiger partial charge in [0.2, 0.25) is 0 Å². The van der Waals surface area contributed by atoms with Crippen molar-refractivity contribution in [2.24, 2.45) is 0 Å². The van der Waals surface area contributed by atoms with Crippen molar-refractivity contribution >= 4 is 10.8 Å². The van der Waals surface area contributed by atoms with E-state index >= 15 is 0 Å². The summed E-state index contributed by atoms with van der Waals surface area (Å²) in [7, 11) is -2.91. The van der Waals surface area contributed by atoms with Crippen molar-refractivity contribution in [3.63, 3.8) is 0 Å². The maximum absolute atomic E-state index is 11.3. The van der Waals surface area contributed by atoms with Crippen molar-refractivity contribution in [3.05, 3.63) is 0 Å². The Balaban J connectivity index is 2.54. The van der Waals surface area contributed by atoms with Gasteiger partial charge in [-0.3, -0.25) is 12.5 Å². The highest BCUT2D eigenvalue weighted by molar-refractivity contribution is 7.89. The van der Waals surface area contributed by atoms with Gasteiger partial charge in [0.15, 0.2) is 0 Å². The van der Waals surface area contributed by atoms with Crippen LogP contribution < -0.4 is 0 Å². The molecule has 1 rings (SSSR count). The molecule has 0 spiro atoms. The fourth-order valence-electron chi connectivity index (χ4n) is 0.660. The summed E-state index contributed by atoms with van der Waals surface area (Å²) in [5.41, 5.74) is -0.499. The van der Waals surface area contributed by atoms with Crippen molar-refractivity contribution < 1.29 is 16.8 Å². The summed E-state index contributed by atoms with van der Waals surface area (Å²) in [4.78, 5) is 0. The van der Waals surface area contributed by atoms with Crippen LogP contribution in [0.25, 0.3) is 0 Å². The van der Waals surface area contributed by atoms with E-state index < -0.39 is 16.4 Å². The van der Waals surface area contributed by atoms with Gasteiger partial charge < -0.3 is 0 Å². The third-order valence-corrected chi connectivity index (χ3v) is 2.51. The van der Waals surface area contributed by atoms with Crippen LogP contribution in [-0.2, 0) is 23.3 Å². The second-order valence-electron chi connectivity index (χ2n) is 3.25. The highest BCUT2D eigenvalue weighted by Crippen LogP contribution is 2.23. The molecule has 67 valence electrons. The van der Waals surface area contributed by atoms with Crippen molar-refractivity contribution in [2.45, 2.75) is 26.4 Å². The molecule has 4 nitrogen and oxygen atoms in total. The van der Waals surface area contributed by atoms with E-state index in [1.54, 1.807) is 20.8 Å². The van der Waals surface area contributed by atoms with Crippen molar-refractivity contribution in [3.8, 4) is 0 Å². The van der Waals surface area contributed by atoms with Crippen LogP contribution in [0.15, 0.2) is 0 Å². The van der Waals surface area contributed by atoms with Gasteiger partial charge in [-0.25, -0.2) is 0 Å². The molecular weight excluding hydrogens is 168 g/mol. The SMILES string of the molecule is CC(C)(C)O[S]1(=O)OCCO1. The van der Waals surface area contributed by atoms with Crippen molar-refractivity contribution in [1.29, 1.82) is 0 Å². The van der Waals surface area contributed by atoms with Gasteiger partial charge in [-0.05, 0) is 20.8 Å². The molecule has 1 heterocycles. The third-order valence-electron chi connectivity index (χ3n) is 0.891. The van der Waals surface area contributed by atoms with E-state index in [2.05, 4.69) is 0 Å². The topological polar surface area (TPSA) is 44.8 Å². The maximum Gasteiger partial charge on any atom is 0.315 e. The zero-order valence-corrected chi connectivity index (χ0v) is 7.77. The number of hydrogen-bond donors (Lipinski definition) is 0. The molecule has 1 fully saturated rings. The lowest BCUT2D eigenvalue weighted by Gasteiger charge is -2.23. The fourth-order valence-corrected chi connectivity index (χ4v) is 1.98. The van der Waals surface area contributed by atoms with Gasteiger partial charge in [0.25, 0.3) is 0 Å². The van der Waals surface area contributed by atoms with E-state index in [0.717, 1.165) is 0 Å². The first kappa shape index (κ1) is 9.12. The van der Waals surface area contributed by atoms with Gasteiger partial charge in [-0.2, -0.15) is 4.21 Å². The molecule has 0 N–H and O–H groups in total. The fraction of sp³-hybridized carbons (Fsp3) is 1.00. The number of hydrogen-bond acceptors (Lipinski definition) is 4. The predicted molar refractivity (Wildman–Crippen MR) is 40.9 cm³/mol. The second kappa shape index (κ2) is 2.82. The van der Waals surface area contributed by atoms with E-state index in [1.807, 2.05) is 0 Å². The Morgan fingerprint density at radius 3 is 2.09 bits per heavy atom. The van der Waals surface area contributed by atoms with E-state index in [-0.39, 0.29) is 0 Å². The predicted octanol–water partition coefficient (Wildman–Crippen LogP) is 0.878. The minimum absolute atomic E-state index is 0.342. The molecule has 1 saturated heterocycles. The zero-order chi connectivity index (χ0) is 8.54. The summed E-state index contributed by atoms with van der Waals surface area (Å²) in [6.45, 7) is 6.07. The highest BCUT2D eigenvalue weighted by Gasteiger charge is 2.32. The first-order chi connectivity index (χ1) is 4.91. The minimum Gasteiger partial charge on any atom is -0.257 e. The monoisotopic (exact) mass is 181 g/mol. The van der Waals surface area contributed by atoms with E-state index in [9.17, 15) is 4.21 Å². The first-order valence-corrected chi connectivity index (χ1v) is 4.78. The Bertz CT molecular complexity index is 174. The summed E-state index contributed by atoms with van der Waals surface area (Å²) < 4.78 is 26.0. The van der Waals surface area contributed by atoms with Gasteiger partial charge in [0, 0.05) is 0 Å². The van der Waals surface area contributed by atoms with E-state index in [1.165, 1.54) is 0 Å². The van der Waals surface area contributed by atoms with Crippen LogP contribution in [0.3, 0.4) is 0 Å². The molecule has 0 aromatic heterocycles.